The molecule has 4 rings (SSSR count). The van der Waals surface area contributed by atoms with Crippen molar-refractivity contribution in [2.45, 2.75) is 0 Å². The lowest BCUT2D eigenvalue weighted by atomic mass is 10.0. The molecule has 0 radical (unpaired) electrons. The number of aromatic nitrogens is 2. The Kier molecular flexibility index (Phi) is 3.45. The van der Waals surface area contributed by atoms with Gasteiger partial charge >= 0.3 is 0 Å². The first-order chi connectivity index (χ1) is 11.4. The van der Waals surface area contributed by atoms with Crippen LogP contribution in [0.5, 0.6) is 0 Å². The van der Waals surface area contributed by atoms with Crippen molar-refractivity contribution in [2.75, 3.05) is 31.2 Å². The minimum atomic E-state index is 0.661. The zero-order valence-electron chi connectivity index (χ0n) is 12.6. The van der Waals surface area contributed by atoms with E-state index in [1.54, 1.807) is 0 Å². The van der Waals surface area contributed by atoms with Crippen molar-refractivity contribution < 1.29 is 4.74 Å². The Morgan fingerprint density at radius 3 is 2.91 bits per heavy atom. The van der Waals surface area contributed by atoms with Crippen LogP contribution in [0.25, 0.3) is 22.2 Å². The molecule has 23 heavy (non-hydrogen) atoms. The van der Waals surface area contributed by atoms with Crippen LogP contribution in [0.4, 0.5) is 5.69 Å². The van der Waals surface area contributed by atoms with Gasteiger partial charge in [0, 0.05) is 36.4 Å². The monoisotopic (exact) mass is 304 g/mol. The Balaban J connectivity index is 1.89. The molecule has 1 aromatic carbocycles. The summed E-state index contributed by atoms with van der Waals surface area (Å²) in [6.07, 6.45) is 3.80. The number of pyridine rings is 1. The van der Waals surface area contributed by atoms with Gasteiger partial charge in [0.25, 0.3) is 0 Å². The first-order valence-electron chi connectivity index (χ1n) is 7.66. The van der Waals surface area contributed by atoms with E-state index in [0.29, 0.717) is 5.56 Å². The number of nitrogens with one attached hydrogen (secondary N) is 1. The third kappa shape index (κ3) is 2.43. The summed E-state index contributed by atoms with van der Waals surface area (Å²) in [5.41, 5.74) is 4.79. The molecule has 0 bridgehead atoms. The van der Waals surface area contributed by atoms with Gasteiger partial charge < -0.3 is 14.6 Å². The van der Waals surface area contributed by atoms with E-state index in [1.165, 1.54) is 0 Å². The largest absolute Gasteiger partial charge is 0.378 e. The Labute approximate surface area is 134 Å². The van der Waals surface area contributed by atoms with Crippen molar-refractivity contribution >= 4 is 16.7 Å². The Hall–Kier alpha value is -2.84. The minimum Gasteiger partial charge on any atom is -0.378 e. The smallest absolute Gasteiger partial charge is 0.139 e. The summed E-state index contributed by atoms with van der Waals surface area (Å²) in [5, 5.41) is 10.2. The predicted octanol–water partition coefficient (Wildman–Crippen LogP) is 2.94. The number of nitrogens with zero attached hydrogens (tertiary/aromatic N) is 3. The number of nitriles is 1. The molecule has 0 amide bonds. The van der Waals surface area contributed by atoms with Crippen LogP contribution in [0.2, 0.25) is 0 Å². The van der Waals surface area contributed by atoms with Gasteiger partial charge in [-0.3, -0.25) is 0 Å². The van der Waals surface area contributed by atoms with Crippen molar-refractivity contribution in [2.24, 2.45) is 0 Å². The van der Waals surface area contributed by atoms with Gasteiger partial charge in [0.1, 0.15) is 5.65 Å². The van der Waals surface area contributed by atoms with Crippen molar-refractivity contribution in [1.29, 1.82) is 5.26 Å². The molecule has 5 heteroatoms. The van der Waals surface area contributed by atoms with Crippen LogP contribution in [-0.2, 0) is 4.74 Å². The Morgan fingerprint density at radius 2 is 2.09 bits per heavy atom. The van der Waals surface area contributed by atoms with Gasteiger partial charge in [-0.25, -0.2) is 4.98 Å². The van der Waals surface area contributed by atoms with Gasteiger partial charge in [-0.15, -0.1) is 0 Å². The summed E-state index contributed by atoms with van der Waals surface area (Å²) in [6, 6.07) is 11.9. The standard InChI is InChI=1S/C18H16N4O/c19-11-13-2-1-3-14(10-13)15-12-21-18-17(15)16(4-5-20-18)22-6-8-23-9-7-22/h1-5,10,12H,6-9H2,(H,20,21). The second-order valence-electron chi connectivity index (χ2n) is 5.55. The highest BCUT2D eigenvalue weighted by Gasteiger charge is 2.18. The molecule has 1 aliphatic rings. The first-order valence-corrected chi connectivity index (χ1v) is 7.66. The summed E-state index contributed by atoms with van der Waals surface area (Å²) in [7, 11) is 0. The molecule has 0 atom stereocenters. The highest BCUT2D eigenvalue weighted by Crippen LogP contribution is 2.35. The van der Waals surface area contributed by atoms with Gasteiger partial charge in [0.05, 0.1) is 30.5 Å². The van der Waals surface area contributed by atoms with Gasteiger partial charge in [0.2, 0.25) is 0 Å². The molecule has 0 spiro atoms. The Bertz CT molecular complexity index is 887. The number of hydrogen-bond acceptors (Lipinski definition) is 4. The molecule has 3 aromatic rings. The SMILES string of the molecule is N#Cc1cccc(-c2c[nH]c3nccc(N4CCOCC4)c23)c1. The molecule has 2 aromatic heterocycles. The van der Waals surface area contributed by atoms with Crippen LogP contribution in [0.15, 0.2) is 42.7 Å². The van der Waals surface area contributed by atoms with Gasteiger partial charge in [-0.2, -0.15) is 5.26 Å². The number of rotatable bonds is 2. The highest BCUT2D eigenvalue weighted by molar-refractivity contribution is 6.02. The molecule has 1 fully saturated rings. The van der Waals surface area contributed by atoms with Crippen molar-refractivity contribution in [1.82, 2.24) is 9.97 Å². The molecule has 0 saturated carbocycles. The molecule has 0 unspecified atom stereocenters. The summed E-state index contributed by atoms with van der Waals surface area (Å²) in [5.74, 6) is 0. The number of hydrogen-bond donors (Lipinski definition) is 1. The molecule has 114 valence electrons. The molecule has 3 heterocycles. The van der Waals surface area contributed by atoms with E-state index in [-0.39, 0.29) is 0 Å². The lowest BCUT2D eigenvalue weighted by molar-refractivity contribution is 0.123. The number of anilines is 1. The summed E-state index contributed by atoms with van der Waals surface area (Å²) >= 11 is 0. The van der Waals surface area contributed by atoms with Crippen molar-refractivity contribution in [3.8, 4) is 17.2 Å². The number of benzene rings is 1. The normalized spacial score (nSPS) is 14.8. The first kappa shape index (κ1) is 13.8. The number of fused-ring (bicyclic) bond motifs is 1. The molecule has 1 aliphatic heterocycles. The van der Waals surface area contributed by atoms with Crippen molar-refractivity contribution in [3.05, 3.63) is 48.3 Å². The summed E-state index contributed by atoms with van der Waals surface area (Å²) in [4.78, 5) is 10.0. The van der Waals surface area contributed by atoms with E-state index in [9.17, 15) is 0 Å². The van der Waals surface area contributed by atoms with Crippen LogP contribution in [-0.4, -0.2) is 36.3 Å². The zero-order chi connectivity index (χ0) is 15.6. The Morgan fingerprint density at radius 1 is 1.22 bits per heavy atom. The van der Waals surface area contributed by atoms with E-state index < -0.39 is 0 Å². The third-order valence-electron chi connectivity index (χ3n) is 4.21. The lowest BCUT2D eigenvalue weighted by Crippen LogP contribution is -2.36. The fourth-order valence-electron chi connectivity index (χ4n) is 3.09. The molecule has 0 aliphatic carbocycles. The van der Waals surface area contributed by atoms with Gasteiger partial charge in [-0.05, 0) is 23.8 Å². The number of aromatic amines is 1. The van der Waals surface area contributed by atoms with Crippen molar-refractivity contribution in [3.63, 3.8) is 0 Å². The lowest BCUT2D eigenvalue weighted by Gasteiger charge is -2.29. The summed E-state index contributed by atoms with van der Waals surface area (Å²) < 4.78 is 5.46. The average molecular weight is 304 g/mol. The average Bonchev–Trinajstić information content (AvgIpc) is 3.07. The van der Waals surface area contributed by atoms with Crippen LogP contribution in [0.1, 0.15) is 5.56 Å². The minimum absolute atomic E-state index is 0.661. The fraction of sp³-hybridized carbons (Fsp3) is 0.222. The van der Waals surface area contributed by atoms with E-state index in [4.69, 9.17) is 10.00 Å². The molecule has 5 nitrogen and oxygen atoms in total. The second-order valence-corrected chi connectivity index (χ2v) is 5.55. The number of H-pyrrole nitrogens is 1. The van der Waals surface area contributed by atoms with Crippen LogP contribution >= 0.6 is 0 Å². The molecular weight excluding hydrogens is 288 g/mol. The second kappa shape index (κ2) is 5.75. The van der Waals surface area contributed by atoms with Crippen LogP contribution < -0.4 is 4.90 Å². The fourth-order valence-corrected chi connectivity index (χ4v) is 3.09. The van der Waals surface area contributed by atoms with Gasteiger partial charge in [-0.1, -0.05) is 12.1 Å². The highest BCUT2D eigenvalue weighted by atomic mass is 16.5. The summed E-state index contributed by atoms with van der Waals surface area (Å²) in [6.45, 7) is 3.24. The zero-order valence-corrected chi connectivity index (χ0v) is 12.6. The van der Waals surface area contributed by atoms with Crippen LogP contribution in [0, 0.1) is 11.3 Å². The number of ether oxygens (including phenoxy) is 1. The topological polar surface area (TPSA) is 64.9 Å². The molecule has 1 N–H and O–H groups in total. The maximum absolute atomic E-state index is 9.14. The van der Waals surface area contributed by atoms with E-state index in [0.717, 1.165) is 54.2 Å². The van der Waals surface area contributed by atoms with Gasteiger partial charge in [0.15, 0.2) is 0 Å². The molecule has 1 saturated heterocycles. The third-order valence-corrected chi connectivity index (χ3v) is 4.21. The predicted molar refractivity (Wildman–Crippen MR) is 89.3 cm³/mol. The van der Waals surface area contributed by atoms with Crippen LogP contribution in [0.3, 0.4) is 0 Å². The number of morpholine rings is 1. The molecular formula is C18H16N4O. The maximum atomic E-state index is 9.14. The quantitative estimate of drug-likeness (QED) is 0.790. The van der Waals surface area contributed by atoms with E-state index in [2.05, 4.69) is 27.0 Å². The van der Waals surface area contributed by atoms with E-state index >= 15 is 0 Å². The van der Waals surface area contributed by atoms with E-state index in [1.807, 2.05) is 36.7 Å². The maximum Gasteiger partial charge on any atom is 0.139 e.